The van der Waals surface area contributed by atoms with E-state index in [-0.39, 0.29) is 23.2 Å². The van der Waals surface area contributed by atoms with Crippen molar-refractivity contribution >= 4 is 17.4 Å². The van der Waals surface area contributed by atoms with Crippen LogP contribution < -0.4 is 10.6 Å². The van der Waals surface area contributed by atoms with Gasteiger partial charge in [-0.25, -0.2) is 4.98 Å². The summed E-state index contributed by atoms with van der Waals surface area (Å²) in [5.41, 5.74) is -0.270. The number of carbonyl (C=O) groups excluding carboxylic acids is 1. The van der Waals surface area contributed by atoms with Gasteiger partial charge in [0.05, 0.1) is 4.92 Å². The van der Waals surface area contributed by atoms with E-state index in [1.165, 1.54) is 6.07 Å². The van der Waals surface area contributed by atoms with Gasteiger partial charge in [0.15, 0.2) is 0 Å². The van der Waals surface area contributed by atoms with Gasteiger partial charge < -0.3 is 10.6 Å². The normalized spacial score (nSPS) is 12.1. The van der Waals surface area contributed by atoms with Crippen LogP contribution in [0.2, 0.25) is 0 Å². The molecule has 0 aliphatic rings. The fraction of sp³-hybridized carbons (Fsp3) is 0.538. The molecule has 0 bridgehead atoms. The Bertz CT molecular complexity index is 502. The first-order valence-corrected chi connectivity index (χ1v) is 6.56. The van der Waals surface area contributed by atoms with Gasteiger partial charge in [0, 0.05) is 18.7 Å². The molecule has 0 fully saturated rings. The van der Waals surface area contributed by atoms with Gasteiger partial charge in [-0.1, -0.05) is 13.8 Å². The third-order valence-corrected chi connectivity index (χ3v) is 3.04. The number of pyridine rings is 1. The predicted molar refractivity (Wildman–Crippen MR) is 76.8 cm³/mol. The van der Waals surface area contributed by atoms with Crippen LogP contribution in [-0.4, -0.2) is 28.4 Å². The van der Waals surface area contributed by atoms with Gasteiger partial charge in [0.1, 0.15) is 17.6 Å². The zero-order valence-electron chi connectivity index (χ0n) is 12.1. The maximum absolute atomic E-state index is 12.2. The molecule has 1 atom stereocenters. The first kappa shape index (κ1) is 15.9. The van der Waals surface area contributed by atoms with E-state index in [2.05, 4.69) is 15.6 Å². The van der Waals surface area contributed by atoms with Crippen LogP contribution >= 0.6 is 0 Å². The van der Waals surface area contributed by atoms with Gasteiger partial charge in [-0.2, -0.15) is 0 Å². The van der Waals surface area contributed by atoms with Crippen molar-refractivity contribution in [2.75, 3.05) is 11.9 Å². The third-order valence-electron chi connectivity index (χ3n) is 3.04. The molecule has 2 N–H and O–H groups in total. The molecule has 20 heavy (non-hydrogen) atoms. The maximum Gasteiger partial charge on any atom is 0.300 e. The van der Waals surface area contributed by atoms with E-state index in [0.29, 0.717) is 12.4 Å². The Hall–Kier alpha value is -2.18. The van der Waals surface area contributed by atoms with Crippen molar-refractivity contribution < 1.29 is 9.72 Å². The number of nitro groups is 1. The lowest BCUT2D eigenvalue weighted by molar-refractivity contribution is -0.385. The van der Waals surface area contributed by atoms with Gasteiger partial charge in [0.25, 0.3) is 11.6 Å². The lowest BCUT2D eigenvalue weighted by Gasteiger charge is -2.17. The molecule has 0 aromatic carbocycles. The number of aromatic nitrogens is 1. The molecule has 1 aromatic heterocycles. The van der Waals surface area contributed by atoms with E-state index in [1.54, 1.807) is 0 Å². The summed E-state index contributed by atoms with van der Waals surface area (Å²) in [6, 6.07) is 1.34. The zero-order chi connectivity index (χ0) is 15.3. The van der Waals surface area contributed by atoms with E-state index >= 15 is 0 Å². The Morgan fingerprint density at radius 2 is 2.10 bits per heavy atom. The first-order valence-electron chi connectivity index (χ1n) is 6.56. The quantitative estimate of drug-likeness (QED) is 0.615. The average Bonchev–Trinajstić information content (AvgIpc) is 2.38. The van der Waals surface area contributed by atoms with Crippen molar-refractivity contribution in [3.8, 4) is 0 Å². The van der Waals surface area contributed by atoms with Crippen LogP contribution in [-0.2, 0) is 0 Å². The highest BCUT2D eigenvalue weighted by Gasteiger charge is 2.23. The number of carbonyl (C=O) groups is 1. The number of nitrogens with zero attached hydrogens (tertiary/aromatic N) is 2. The molecule has 0 aliphatic carbocycles. The number of hydrogen-bond acceptors (Lipinski definition) is 5. The monoisotopic (exact) mass is 280 g/mol. The largest absolute Gasteiger partial charge is 0.370 e. The lowest BCUT2D eigenvalue weighted by atomic mass is 10.1. The molecule has 1 aromatic rings. The average molecular weight is 280 g/mol. The van der Waals surface area contributed by atoms with Crippen LogP contribution in [0.4, 0.5) is 11.5 Å². The molecule has 7 nitrogen and oxygen atoms in total. The summed E-state index contributed by atoms with van der Waals surface area (Å²) >= 11 is 0. The summed E-state index contributed by atoms with van der Waals surface area (Å²) in [5.74, 6) is 0.230. The molecule has 0 spiro atoms. The van der Waals surface area contributed by atoms with Crippen LogP contribution in [0, 0.1) is 16.0 Å². The molecule has 0 radical (unpaired) electrons. The van der Waals surface area contributed by atoms with Gasteiger partial charge in [-0.05, 0) is 19.8 Å². The van der Waals surface area contributed by atoms with Crippen molar-refractivity contribution in [1.82, 2.24) is 10.3 Å². The Kier molecular flexibility index (Phi) is 5.42. The van der Waals surface area contributed by atoms with Crippen molar-refractivity contribution in [2.45, 2.75) is 33.7 Å². The van der Waals surface area contributed by atoms with Crippen LogP contribution in [0.5, 0.6) is 0 Å². The minimum absolute atomic E-state index is 0.0217. The number of nitrogens with one attached hydrogen (secondary N) is 2. The maximum atomic E-state index is 12.2. The van der Waals surface area contributed by atoms with Crippen molar-refractivity contribution in [2.24, 2.45) is 5.92 Å². The number of amides is 1. The van der Waals surface area contributed by atoms with E-state index in [4.69, 9.17) is 0 Å². The fourth-order valence-corrected chi connectivity index (χ4v) is 1.50. The van der Waals surface area contributed by atoms with Gasteiger partial charge in [-0.3, -0.25) is 14.9 Å². The number of anilines is 1. The van der Waals surface area contributed by atoms with E-state index < -0.39 is 10.8 Å². The molecule has 1 heterocycles. The minimum atomic E-state index is -0.600. The third kappa shape index (κ3) is 3.91. The smallest absolute Gasteiger partial charge is 0.300 e. The topological polar surface area (TPSA) is 97.2 Å². The molecule has 0 aliphatic heterocycles. The second-order valence-corrected chi connectivity index (χ2v) is 4.88. The van der Waals surface area contributed by atoms with Gasteiger partial charge in [-0.15, -0.1) is 0 Å². The summed E-state index contributed by atoms with van der Waals surface area (Å²) in [5, 5.41) is 16.7. The van der Waals surface area contributed by atoms with E-state index in [9.17, 15) is 14.9 Å². The first-order chi connectivity index (χ1) is 9.36. The highest BCUT2D eigenvalue weighted by atomic mass is 16.6. The van der Waals surface area contributed by atoms with Gasteiger partial charge in [0.2, 0.25) is 0 Å². The summed E-state index contributed by atoms with van der Waals surface area (Å²) in [6.45, 7) is 8.30. The number of hydrogen-bond donors (Lipinski definition) is 2. The Morgan fingerprint density at radius 1 is 1.45 bits per heavy atom. The molecule has 110 valence electrons. The van der Waals surface area contributed by atoms with Gasteiger partial charge >= 0.3 is 0 Å². The van der Waals surface area contributed by atoms with Crippen molar-refractivity contribution in [3.05, 3.63) is 27.9 Å². The summed E-state index contributed by atoms with van der Waals surface area (Å²) < 4.78 is 0. The zero-order valence-corrected chi connectivity index (χ0v) is 12.1. The molecule has 0 saturated heterocycles. The summed E-state index contributed by atoms with van der Waals surface area (Å²) in [4.78, 5) is 26.5. The Balaban J connectivity index is 3.08. The second kappa shape index (κ2) is 6.83. The minimum Gasteiger partial charge on any atom is -0.370 e. The van der Waals surface area contributed by atoms with E-state index in [1.807, 2.05) is 27.7 Å². The lowest BCUT2D eigenvalue weighted by Crippen LogP contribution is -2.36. The standard InChI is InChI=1S/C13H20N4O3/c1-5-14-12-6-10(11(7-15-12)17(19)20)13(18)16-9(4)8(2)3/h6-9H,5H2,1-4H3,(H,14,15)(H,16,18). The molecular weight excluding hydrogens is 260 g/mol. The van der Waals surface area contributed by atoms with Crippen LogP contribution in [0.15, 0.2) is 12.3 Å². The molecule has 1 amide bonds. The van der Waals surface area contributed by atoms with Crippen LogP contribution in [0.25, 0.3) is 0 Å². The van der Waals surface area contributed by atoms with Crippen LogP contribution in [0.3, 0.4) is 0 Å². The Labute approximate surface area is 117 Å². The molecular formula is C13H20N4O3. The highest BCUT2D eigenvalue weighted by molar-refractivity contribution is 5.98. The molecule has 1 rings (SSSR count). The highest BCUT2D eigenvalue weighted by Crippen LogP contribution is 2.20. The fourth-order valence-electron chi connectivity index (χ4n) is 1.50. The molecule has 7 heteroatoms. The van der Waals surface area contributed by atoms with Crippen molar-refractivity contribution in [1.29, 1.82) is 0 Å². The number of rotatable bonds is 6. The molecule has 0 saturated carbocycles. The predicted octanol–water partition coefficient (Wildman–Crippen LogP) is 2.20. The van der Waals surface area contributed by atoms with E-state index in [0.717, 1.165) is 6.20 Å². The summed E-state index contributed by atoms with van der Waals surface area (Å²) in [7, 11) is 0. The molecule has 1 unspecified atom stereocenters. The Morgan fingerprint density at radius 3 is 2.60 bits per heavy atom. The second-order valence-electron chi connectivity index (χ2n) is 4.88. The van der Waals surface area contributed by atoms with Crippen LogP contribution in [0.1, 0.15) is 38.1 Å². The SMILES string of the molecule is CCNc1cc(C(=O)NC(C)C(C)C)c([N+](=O)[O-])cn1. The summed E-state index contributed by atoms with van der Waals surface area (Å²) in [6.07, 6.45) is 1.10. The van der Waals surface area contributed by atoms with Crippen molar-refractivity contribution in [3.63, 3.8) is 0 Å².